The van der Waals surface area contributed by atoms with Crippen LogP contribution in [0.3, 0.4) is 0 Å². The monoisotopic (exact) mass is 455 g/mol. The molecule has 7 heteroatoms. The first kappa shape index (κ1) is 18.3. The number of hydrogen-bond acceptors (Lipinski definition) is 3. The lowest BCUT2D eigenvalue weighted by molar-refractivity contribution is -0.166. The maximum atomic E-state index is 13.3. The molecule has 0 spiro atoms. The number of amides is 1. The Bertz CT molecular complexity index is 543. The fourth-order valence-electron chi connectivity index (χ4n) is 4.62. The van der Waals surface area contributed by atoms with E-state index in [1.54, 1.807) is 25.7 Å². The van der Waals surface area contributed by atoms with Crippen molar-refractivity contribution in [1.82, 2.24) is 4.90 Å². The molecule has 136 valence electrons. The molecule has 0 aromatic rings. The molecular formula is C17H24F2INO3. The van der Waals surface area contributed by atoms with E-state index < -0.39 is 21.7 Å². The first-order chi connectivity index (χ1) is 11.0. The number of hydrogen-bond donors (Lipinski definition) is 0. The molecule has 3 rings (SSSR count). The molecule has 1 heterocycles. The standard InChI is InChI=1S/C17H24F2INO3/c1-16(2,3)15(23)24-14-11-5-9-4-10(6-11)13(14)21(8-9)12(22)7-17(18,19)20/h9-11,13-14H,4-8H2,1-3H3. The van der Waals surface area contributed by atoms with Gasteiger partial charge in [-0.05, 0) is 80.4 Å². The minimum Gasteiger partial charge on any atom is -0.459 e. The molecule has 1 saturated heterocycles. The molecule has 3 fully saturated rings. The number of likely N-dealkylation sites (tertiary alicyclic amines) is 1. The molecule has 5 unspecified atom stereocenters. The molecule has 4 nitrogen and oxygen atoms in total. The zero-order chi connectivity index (χ0) is 17.9. The number of alkyl halides is 3. The van der Waals surface area contributed by atoms with Crippen LogP contribution in [0, 0.1) is 23.2 Å². The van der Waals surface area contributed by atoms with Crippen LogP contribution in [0.1, 0.15) is 46.5 Å². The van der Waals surface area contributed by atoms with Gasteiger partial charge in [0.05, 0.1) is 11.5 Å². The van der Waals surface area contributed by atoms with E-state index in [2.05, 4.69) is 0 Å². The third kappa shape index (κ3) is 3.55. The summed E-state index contributed by atoms with van der Waals surface area (Å²) in [6, 6.07) is -0.230. The van der Waals surface area contributed by atoms with Crippen molar-refractivity contribution in [2.45, 2.75) is 62.5 Å². The van der Waals surface area contributed by atoms with Crippen LogP contribution in [0.5, 0.6) is 0 Å². The van der Waals surface area contributed by atoms with Crippen LogP contribution < -0.4 is 0 Å². The lowest BCUT2D eigenvalue weighted by Gasteiger charge is -2.42. The van der Waals surface area contributed by atoms with Crippen molar-refractivity contribution in [1.29, 1.82) is 0 Å². The lowest BCUT2D eigenvalue weighted by atomic mass is 9.78. The maximum Gasteiger partial charge on any atom is 0.311 e. The van der Waals surface area contributed by atoms with E-state index >= 15 is 0 Å². The minimum atomic E-state index is -3.04. The van der Waals surface area contributed by atoms with E-state index in [-0.39, 0.29) is 30.0 Å². The Balaban J connectivity index is 1.81. The molecule has 1 aliphatic heterocycles. The van der Waals surface area contributed by atoms with E-state index in [0.717, 1.165) is 41.9 Å². The SMILES string of the molecule is CC(C)(C)C(=O)OC1C2CC3CC(C2)C1N(C(=O)CC(F)(F)I)C3. The molecule has 3 bridgehead atoms. The van der Waals surface area contributed by atoms with E-state index in [4.69, 9.17) is 4.74 Å². The Morgan fingerprint density at radius 3 is 2.38 bits per heavy atom. The van der Waals surface area contributed by atoms with E-state index in [9.17, 15) is 18.4 Å². The summed E-state index contributed by atoms with van der Waals surface area (Å²) < 4.78 is 29.4. The summed E-state index contributed by atoms with van der Waals surface area (Å²) in [5.74, 6) is 0.0636. The summed E-state index contributed by atoms with van der Waals surface area (Å²) in [6.45, 7) is 5.92. The number of fused-ring (bicyclic) bond motifs is 2. The van der Waals surface area contributed by atoms with Gasteiger partial charge < -0.3 is 9.64 Å². The summed E-state index contributed by atoms with van der Waals surface area (Å²) in [7, 11) is 0. The average Bonchev–Trinajstić information content (AvgIpc) is 2.57. The van der Waals surface area contributed by atoms with Gasteiger partial charge in [0.15, 0.2) is 0 Å². The number of halogens is 3. The van der Waals surface area contributed by atoms with Gasteiger partial charge in [0, 0.05) is 6.54 Å². The van der Waals surface area contributed by atoms with Crippen LogP contribution >= 0.6 is 22.6 Å². The number of carbonyl (C=O) groups excluding carboxylic acids is 2. The number of carbonyl (C=O) groups is 2. The highest BCUT2D eigenvalue weighted by Gasteiger charge is 2.57. The smallest absolute Gasteiger partial charge is 0.311 e. The summed E-state index contributed by atoms with van der Waals surface area (Å²) in [4.78, 5) is 26.4. The number of rotatable bonds is 3. The highest BCUT2D eigenvalue weighted by molar-refractivity contribution is 14.1. The van der Waals surface area contributed by atoms with Crippen LogP contribution in [-0.4, -0.2) is 39.4 Å². The Kier molecular flexibility index (Phi) is 4.62. The molecule has 1 amide bonds. The Morgan fingerprint density at radius 1 is 1.17 bits per heavy atom. The fourth-order valence-corrected chi connectivity index (χ4v) is 4.94. The predicted molar refractivity (Wildman–Crippen MR) is 92.7 cm³/mol. The van der Waals surface area contributed by atoms with E-state index in [1.165, 1.54) is 0 Å². The second-order valence-electron chi connectivity index (χ2n) is 8.54. The molecule has 0 aromatic heterocycles. The van der Waals surface area contributed by atoms with Gasteiger partial charge in [-0.15, -0.1) is 0 Å². The highest BCUT2D eigenvalue weighted by Crippen LogP contribution is 2.52. The summed E-state index contributed by atoms with van der Waals surface area (Å²) in [5.41, 5.74) is -0.612. The number of esters is 1. The zero-order valence-electron chi connectivity index (χ0n) is 14.2. The van der Waals surface area contributed by atoms with E-state index in [1.807, 2.05) is 0 Å². The van der Waals surface area contributed by atoms with Crippen molar-refractivity contribution in [3.8, 4) is 0 Å². The second kappa shape index (κ2) is 6.06. The molecule has 0 N–H and O–H groups in total. The van der Waals surface area contributed by atoms with Gasteiger partial charge in [0.1, 0.15) is 12.5 Å². The molecule has 3 aliphatic rings. The average molecular weight is 455 g/mol. The van der Waals surface area contributed by atoms with E-state index in [0.29, 0.717) is 12.5 Å². The van der Waals surface area contributed by atoms with Crippen LogP contribution in [0.4, 0.5) is 8.78 Å². The third-order valence-electron chi connectivity index (χ3n) is 5.50. The van der Waals surface area contributed by atoms with Crippen molar-refractivity contribution >= 4 is 34.5 Å². The van der Waals surface area contributed by atoms with Gasteiger partial charge in [-0.2, -0.15) is 8.78 Å². The second-order valence-corrected chi connectivity index (χ2v) is 10.1. The zero-order valence-corrected chi connectivity index (χ0v) is 16.4. The summed E-state index contributed by atoms with van der Waals surface area (Å²) in [6.07, 6.45) is 1.72. The van der Waals surface area contributed by atoms with Gasteiger partial charge in [-0.3, -0.25) is 9.59 Å². The quantitative estimate of drug-likeness (QED) is 0.371. The third-order valence-corrected chi connectivity index (χ3v) is 5.89. The molecule has 0 radical (unpaired) electrons. The molecule has 24 heavy (non-hydrogen) atoms. The molecule has 2 saturated carbocycles. The van der Waals surface area contributed by atoms with Gasteiger partial charge in [-0.25, -0.2) is 0 Å². The van der Waals surface area contributed by atoms with Crippen molar-refractivity contribution in [3.05, 3.63) is 0 Å². The van der Waals surface area contributed by atoms with Gasteiger partial charge in [0.25, 0.3) is 0 Å². The molecule has 0 aromatic carbocycles. The summed E-state index contributed by atoms with van der Waals surface area (Å²) >= 11 is 1.01. The van der Waals surface area contributed by atoms with Gasteiger partial charge >= 0.3 is 9.90 Å². The largest absolute Gasteiger partial charge is 0.459 e. The first-order valence-electron chi connectivity index (χ1n) is 8.53. The fraction of sp³-hybridized carbons (Fsp3) is 0.882. The topological polar surface area (TPSA) is 46.6 Å². The van der Waals surface area contributed by atoms with Crippen LogP contribution in [0.25, 0.3) is 0 Å². The van der Waals surface area contributed by atoms with Crippen molar-refractivity contribution < 1.29 is 23.1 Å². The number of piperidine rings is 1. The Hall–Kier alpha value is -0.470. The number of ether oxygens (including phenoxy) is 1. The molecule has 2 aliphatic carbocycles. The van der Waals surface area contributed by atoms with Crippen LogP contribution in [0.15, 0.2) is 0 Å². The Morgan fingerprint density at radius 2 is 1.79 bits per heavy atom. The van der Waals surface area contributed by atoms with Crippen LogP contribution in [0.2, 0.25) is 0 Å². The van der Waals surface area contributed by atoms with Crippen molar-refractivity contribution in [2.75, 3.05) is 6.54 Å². The predicted octanol–water partition coefficient (Wildman–Crippen LogP) is 3.62. The normalized spacial score (nSPS) is 35.2. The van der Waals surface area contributed by atoms with Crippen LogP contribution in [-0.2, 0) is 14.3 Å². The summed E-state index contributed by atoms with van der Waals surface area (Å²) in [5, 5.41) is 0. The first-order valence-corrected chi connectivity index (χ1v) is 9.61. The van der Waals surface area contributed by atoms with Gasteiger partial charge in [0.2, 0.25) is 5.91 Å². The van der Waals surface area contributed by atoms with Crippen molar-refractivity contribution in [3.63, 3.8) is 0 Å². The maximum absolute atomic E-state index is 13.3. The number of nitrogens with zero attached hydrogens (tertiary/aromatic N) is 1. The highest BCUT2D eigenvalue weighted by atomic mass is 127. The minimum absolute atomic E-state index is 0.230. The van der Waals surface area contributed by atoms with Crippen molar-refractivity contribution in [2.24, 2.45) is 23.2 Å². The molecular weight excluding hydrogens is 431 g/mol. The Labute approximate surface area is 154 Å². The molecule has 5 atom stereocenters. The van der Waals surface area contributed by atoms with Gasteiger partial charge in [-0.1, -0.05) is 0 Å². The lowest BCUT2D eigenvalue weighted by Crippen LogP contribution is -2.53.